The maximum atomic E-state index is 12.5. The Hall–Kier alpha value is -2.91. The van der Waals surface area contributed by atoms with Crippen molar-refractivity contribution in [2.45, 2.75) is 31.0 Å². The van der Waals surface area contributed by atoms with Gasteiger partial charge in [-0.05, 0) is 49.6 Å². The van der Waals surface area contributed by atoms with E-state index < -0.39 is 0 Å². The number of nitrogens with zero attached hydrogens (tertiary/aromatic N) is 3. The zero-order chi connectivity index (χ0) is 21.8. The van der Waals surface area contributed by atoms with Crippen molar-refractivity contribution in [3.05, 3.63) is 53.6 Å². The van der Waals surface area contributed by atoms with E-state index in [1.54, 1.807) is 4.90 Å². The van der Waals surface area contributed by atoms with E-state index in [2.05, 4.69) is 40.7 Å². The van der Waals surface area contributed by atoms with Crippen molar-refractivity contribution in [3.8, 4) is 0 Å². The summed E-state index contributed by atoms with van der Waals surface area (Å²) in [5.41, 5.74) is 4.77. The number of rotatable bonds is 7. The molecule has 2 N–H and O–H groups in total. The summed E-state index contributed by atoms with van der Waals surface area (Å²) >= 11 is 2.75. The Morgan fingerprint density at radius 3 is 2.74 bits per heavy atom. The first-order chi connectivity index (χ1) is 15.0. The van der Waals surface area contributed by atoms with Gasteiger partial charge in [-0.25, -0.2) is 0 Å². The molecule has 1 aromatic heterocycles. The fourth-order valence-electron chi connectivity index (χ4n) is 3.35. The second-order valence-electron chi connectivity index (χ2n) is 7.25. The molecule has 1 aliphatic rings. The van der Waals surface area contributed by atoms with Gasteiger partial charge in [-0.2, -0.15) is 0 Å². The maximum absolute atomic E-state index is 12.5. The fourth-order valence-corrected chi connectivity index (χ4v) is 4.92. The van der Waals surface area contributed by atoms with E-state index in [9.17, 15) is 9.59 Å². The van der Waals surface area contributed by atoms with Gasteiger partial charge in [-0.3, -0.25) is 9.59 Å². The van der Waals surface area contributed by atoms with Gasteiger partial charge in [0.05, 0.1) is 17.1 Å². The lowest BCUT2D eigenvalue weighted by Crippen LogP contribution is -2.25. The van der Waals surface area contributed by atoms with Gasteiger partial charge in [0.25, 0.3) is 0 Å². The van der Waals surface area contributed by atoms with Crippen LogP contribution in [0.15, 0.2) is 46.8 Å². The highest BCUT2D eigenvalue weighted by molar-refractivity contribution is 8.01. The summed E-state index contributed by atoms with van der Waals surface area (Å²) in [6.07, 6.45) is 1.39. The predicted molar refractivity (Wildman–Crippen MR) is 126 cm³/mol. The molecule has 7 nitrogen and oxygen atoms in total. The van der Waals surface area contributed by atoms with Gasteiger partial charge in [0.15, 0.2) is 4.34 Å². The van der Waals surface area contributed by atoms with Crippen LogP contribution in [0.1, 0.15) is 24.0 Å². The van der Waals surface area contributed by atoms with Crippen molar-refractivity contribution in [1.82, 2.24) is 10.2 Å². The minimum atomic E-state index is -0.150. The van der Waals surface area contributed by atoms with Crippen LogP contribution in [0.5, 0.6) is 0 Å². The Bertz CT molecular complexity index is 1110. The molecule has 2 amide bonds. The summed E-state index contributed by atoms with van der Waals surface area (Å²) in [6.45, 7) is 4.81. The van der Waals surface area contributed by atoms with Crippen molar-refractivity contribution in [3.63, 3.8) is 0 Å². The molecular weight excluding hydrogens is 430 g/mol. The van der Waals surface area contributed by atoms with Gasteiger partial charge in [0, 0.05) is 18.7 Å². The van der Waals surface area contributed by atoms with E-state index in [4.69, 9.17) is 0 Å². The first kappa shape index (κ1) is 21.3. The Morgan fingerprint density at radius 2 is 1.94 bits per heavy atom. The number of aryl methyl sites for hydroxylation is 1. The number of carbonyl (C=O) groups is 2. The molecule has 0 radical (unpaired) electrons. The van der Waals surface area contributed by atoms with E-state index in [0.717, 1.165) is 17.8 Å². The molecule has 1 saturated heterocycles. The largest absolute Gasteiger partial charge is 0.330 e. The number of carbonyl (C=O) groups excluding carboxylic acids is 2. The Balaban J connectivity index is 1.35. The lowest BCUT2D eigenvalue weighted by Gasteiger charge is -2.19. The van der Waals surface area contributed by atoms with Crippen LogP contribution in [0.2, 0.25) is 0 Å². The zero-order valence-corrected chi connectivity index (χ0v) is 19.0. The topological polar surface area (TPSA) is 87.2 Å². The van der Waals surface area contributed by atoms with E-state index in [1.165, 1.54) is 34.2 Å². The Labute approximate surface area is 189 Å². The Morgan fingerprint density at radius 1 is 1.13 bits per heavy atom. The molecule has 3 aromatic rings. The Kier molecular flexibility index (Phi) is 6.53. The summed E-state index contributed by atoms with van der Waals surface area (Å²) in [7, 11) is 0. The minimum Gasteiger partial charge on any atom is -0.330 e. The quantitative estimate of drug-likeness (QED) is 0.502. The third kappa shape index (κ3) is 5.05. The number of aromatic nitrogens is 2. The standard InChI is InChI=1S/C22H23N5O2S2/c1-14-7-5-9-16(15(14)2)24-21-25-26-22(31-21)30-13-19(28)23-17-8-3-4-10-18(17)27-12-6-11-20(27)29/h3-5,7-10H,6,11-13H2,1-2H3,(H,23,28)(H,24,25). The second-order valence-corrected chi connectivity index (χ2v) is 9.45. The summed E-state index contributed by atoms with van der Waals surface area (Å²) in [4.78, 5) is 26.3. The molecule has 0 unspecified atom stereocenters. The van der Waals surface area contributed by atoms with Gasteiger partial charge in [-0.15, -0.1) is 10.2 Å². The van der Waals surface area contributed by atoms with Gasteiger partial charge >= 0.3 is 0 Å². The summed E-state index contributed by atoms with van der Waals surface area (Å²) in [6, 6.07) is 13.5. The lowest BCUT2D eigenvalue weighted by molar-refractivity contribution is -0.117. The minimum absolute atomic E-state index is 0.0915. The molecule has 1 fully saturated rings. The van der Waals surface area contributed by atoms with E-state index in [0.29, 0.717) is 28.1 Å². The lowest BCUT2D eigenvalue weighted by atomic mass is 10.1. The third-order valence-electron chi connectivity index (χ3n) is 5.12. The molecule has 0 aliphatic carbocycles. The molecule has 0 atom stereocenters. The zero-order valence-electron chi connectivity index (χ0n) is 17.3. The molecule has 2 aromatic carbocycles. The number of thioether (sulfide) groups is 1. The molecule has 0 bridgehead atoms. The van der Waals surface area contributed by atoms with Crippen molar-refractivity contribution < 1.29 is 9.59 Å². The second kappa shape index (κ2) is 9.49. The first-order valence-corrected chi connectivity index (χ1v) is 11.8. The molecule has 2 heterocycles. The molecular formula is C22H23N5O2S2. The number of hydrogen-bond donors (Lipinski definition) is 2. The average molecular weight is 454 g/mol. The maximum Gasteiger partial charge on any atom is 0.234 e. The normalized spacial score (nSPS) is 13.5. The summed E-state index contributed by atoms with van der Waals surface area (Å²) in [5.74, 6) is 0.151. The molecule has 31 heavy (non-hydrogen) atoms. The molecule has 4 rings (SSSR count). The van der Waals surface area contributed by atoms with Gasteiger partial charge in [-0.1, -0.05) is 47.4 Å². The van der Waals surface area contributed by atoms with E-state index in [-0.39, 0.29) is 17.6 Å². The number of anilines is 4. The van der Waals surface area contributed by atoms with Crippen molar-refractivity contribution in [2.75, 3.05) is 27.8 Å². The molecule has 0 saturated carbocycles. The van der Waals surface area contributed by atoms with E-state index in [1.807, 2.05) is 36.4 Å². The molecule has 1 aliphatic heterocycles. The first-order valence-electron chi connectivity index (χ1n) is 10.00. The summed E-state index contributed by atoms with van der Waals surface area (Å²) in [5, 5.41) is 15.3. The number of hydrogen-bond acceptors (Lipinski definition) is 7. The fraction of sp³-hybridized carbons (Fsp3) is 0.273. The van der Waals surface area contributed by atoms with Gasteiger partial charge in [0.1, 0.15) is 0 Å². The van der Waals surface area contributed by atoms with Crippen LogP contribution in [0.4, 0.5) is 22.2 Å². The van der Waals surface area contributed by atoms with Crippen molar-refractivity contribution in [1.29, 1.82) is 0 Å². The molecule has 0 spiro atoms. The number of benzene rings is 2. The van der Waals surface area contributed by atoms with E-state index >= 15 is 0 Å². The van der Waals surface area contributed by atoms with Crippen molar-refractivity contribution >= 4 is 57.1 Å². The average Bonchev–Trinajstić information content (AvgIpc) is 3.39. The third-order valence-corrected chi connectivity index (χ3v) is 7.09. The monoisotopic (exact) mass is 453 g/mol. The molecule has 160 valence electrons. The predicted octanol–water partition coefficient (Wildman–Crippen LogP) is 4.76. The smallest absolute Gasteiger partial charge is 0.234 e. The highest BCUT2D eigenvalue weighted by atomic mass is 32.2. The highest BCUT2D eigenvalue weighted by Gasteiger charge is 2.24. The van der Waals surface area contributed by atoms with Crippen LogP contribution in [0.25, 0.3) is 0 Å². The number of para-hydroxylation sites is 2. The van der Waals surface area contributed by atoms with Crippen LogP contribution in [0.3, 0.4) is 0 Å². The van der Waals surface area contributed by atoms with Crippen LogP contribution < -0.4 is 15.5 Å². The van der Waals surface area contributed by atoms with Crippen LogP contribution >= 0.6 is 23.1 Å². The SMILES string of the molecule is Cc1cccc(Nc2nnc(SCC(=O)Nc3ccccc3N3CCCC3=O)s2)c1C. The summed E-state index contributed by atoms with van der Waals surface area (Å²) < 4.78 is 0.714. The van der Waals surface area contributed by atoms with Crippen LogP contribution in [-0.2, 0) is 9.59 Å². The van der Waals surface area contributed by atoms with Crippen LogP contribution in [0, 0.1) is 13.8 Å². The number of amides is 2. The van der Waals surface area contributed by atoms with Crippen LogP contribution in [-0.4, -0.2) is 34.3 Å². The number of nitrogens with one attached hydrogen (secondary N) is 2. The van der Waals surface area contributed by atoms with Gasteiger partial charge < -0.3 is 15.5 Å². The highest BCUT2D eigenvalue weighted by Crippen LogP contribution is 2.31. The molecule has 9 heteroatoms. The van der Waals surface area contributed by atoms with Crippen molar-refractivity contribution in [2.24, 2.45) is 0 Å². The van der Waals surface area contributed by atoms with Gasteiger partial charge in [0.2, 0.25) is 16.9 Å².